The van der Waals surface area contributed by atoms with E-state index in [0.717, 1.165) is 24.5 Å². The highest BCUT2D eigenvalue weighted by Gasteiger charge is 2.22. The first kappa shape index (κ1) is 13.7. The van der Waals surface area contributed by atoms with Crippen LogP contribution in [0.1, 0.15) is 0 Å². The summed E-state index contributed by atoms with van der Waals surface area (Å²) in [6, 6.07) is 3.16. The van der Waals surface area contributed by atoms with Crippen LogP contribution in [0.3, 0.4) is 0 Å². The van der Waals surface area contributed by atoms with E-state index in [4.69, 9.17) is 5.73 Å². The van der Waals surface area contributed by atoms with Crippen molar-refractivity contribution in [3.05, 3.63) is 34.6 Å². The van der Waals surface area contributed by atoms with Crippen LogP contribution in [0.4, 0.5) is 17.3 Å². The number of aryl methyl sites for hydroxylation is 1. The maximum Gasteiger partial charge on any atom is 0.270 e. The first-order valence-corrected chi connectivity index (χ1v) is 6.70. The van der Waals surface area contributed by atoms with E-state index in [0.29, 0.717) is 0 Å². The second-order valence-corrected chi connectivity index (χ2v) is 5.44. The number of non-ortho nitro benzene ring substituents is 1. The van der Waals surface area contributed by atoms with Gasteiger partial charge in [-0.25, -0.2) is 17.8 Å². The zero-order chi connectivity index (χ0) is 14.9. The lowest BCUT2D eigenvalue weighted by Crippen LogP contribution is -2.17. The normalized spacial score (nSPS) is 11.2. The first-order chi connectivity index (χ1) is 9.31. The molecule has 1 aromatic heterocycles. The molecule has 0 atom stereocenters. The molecule has 11 heteroatoms. The van der Waals surface area contributed by atoms with E-state index in [2.05, 4.69) is 14.8 Å². The Morgan fingerprint density at radius 3 is 2.70 bits per heavy atom. The van der Waals surface area contributed by atoms with Gasteiger partial charge in [-0.1, -0.05) is 0 Å². The van der Waals surface area contributed by atoms with Gasteiger partial charge in [-0.05, 0) is 6.07 Å². The predicted octanol–water partition coefficient (Wildman–Crippen LogP) is 0.106. The quantitative estimate of drug-likeness (QED) is 0.462. The monoisotopic (exact) mass is 298 g/mol. The molecule has 0 amide bonds. The van der Waals surface area contributed by atoms with Crippen LogP contribution in [0, 0.1) is 10.1 Å². The van der Waals surface area contributed by atoms with Crippen LogP contribution in [-0.2, 0) is 17.1 Å². The number of nitrogens with one attached hydrogen (secondary N) is 1. The van der Waals surface area contributed by atoms with Crippen molar-refractivity contribution in [3.63, 3.8) is 0 Å². The van der Waals surface area contributed by atoms with Gasteiger partial charge in [0.15, 0.2) is 0 Å². The number of benzene rings is 1. The predicted molar refractivity (Wildman–Crippen MR) is 69.3 cm³/mol. The second kappa shape index (κ2) is 4.77. The second-order valence-electron chi connectivity index (χ2n) is 3.79. The van der Waals surface area contributed by atoms with Gasteiger partial charge in [0.05, 0.1) is 10.6 Å². The number of nitrogens with zero attached hydrogens (tertiary/aromatic N) is 4. The van der Waals surface area contributed by atoms with Crippen molar-refractivity contribution in [3.8, 4) is 0 Å². The van der Waals surface area contributed by atoms with Gasteiger partial charge in [0.1, 0.15) is 11.2 Å². The average Bonchev–Trinajstić information content (AvgIpc) is 2.74. The van der Waals surface area contributed by atoms with Crippen molar-refractivity contribution < 1.29 is 13.3 Å². The fraction of sp³-hybridized carbons (Fsp3) is 0.111. The van der Waals surface area contributed by atoms with Crippen molar-refractivity contribution in [2.45, 2.75) is 4.90 Å². The molecule has 0 bridgehead atoms. The molecule has 0 unspecified atom stereocenters. The molecule has 2 rings (SSSR count). The number of sulfonamides is 1. The average molecular weight is 298 g/mol. The van der Waals surface area contributed by atoms with E-state index < -0.39 is 19.8 Å². The SMILES string of the molecule is Cn1ncnc1NS(=O)(=O)c1cc([N+](=O)[O-])ccc1N. The van der Waals surface area contributed by atoms with Crippen LogP contribution in [0.2, 0.25) is 0 Å². The fourth-order valence-corrected chi connectivity index (χ4v) is 2.62. The number of rotatable bonds is 4. The van der Waals surface area contributed by atoms with Crippen LogP contribution in [0.5, 0.6) is 0 Å². The molecule has 3 N–H and O–H groups in total. The Kier molecular flexibility index (Phi) is 3.28. The van der Waals surface area contributed by atoms with Gasteiger partial charge in [0.2, 0.25) is 5.95 Å². The number of nitro groups is 1. The van der Waals surface area contributed by atoms with Crippen molar-refractivity contribution >= 4 is 27.3 Å². The molecule has 0 fully saturated rings. The molecule has 0 saturated heterocycles. The molecule has 10 nitrogen and oxygen atoms in total. The lowest BCUT2D eigenvalue weighted by Gasteiger charge is -2.08. The highest BCUT2D eigenvalue weighted by Crippen LogP contribution is 2.25. The van der Waals surface area contributed by atoms with Crippen LogP contribution < -0.4 is 10.5 Å². The van der Waals surface area contributed by atoms with E-state index >= 15 is 0 Å². The zero-order valence-electron chi connectivity index (χ0n) is 10.2. The highest BCUT2D eigenvalue weighted by atomic mass is 32.2. The van der Waals surface area contributed by atoms with Gasteiger partial charge in [-0.2, -0.15) is 10.1 Å². The number of aromatic nitrogens is 3. The third kappa shape index (κ3) is 2.51. The standard InChI is InChI=1S/C9H10N6O4S/c1-14-9(11-5-12-14)13-20(18,19)8-4-6(15(16)17)2-3-7(8)10/h2-5H,10H2,1H3,(H,11,12,13). The Bertz CT molecular complexity index is 768. The summed E-state index contributed by atoms with van der Waals surface area (Å²) in [7, 11) is -2.61. The van der Waals surface area contributed by atoms with Gasteiger partial charge in [0.25, 0.3) is 15.7 Å². The molecule has 0 aliphatic rings. The maximum absolute atomic E-state index is 12.2. The Balaban J connectivity index is 2.46. The number of hydrogen-bond donors (Lipinski definition) is 2. The molecule has 0 radical (unpaired) electrons. The number of nitrogen functional groups attached to an aromatic ring is 1. The molecular weight excluding hydrogens is 288 g/mol. The first-order valence-electron chi connectivity index (χ1n) is 5.22. The third-order valence-electron chi connectivity index (χ3n) is 2.43. The van der Waals surface area contributed by atoms with Gasteiger partial charge < -0.3 is 5.73 Å². The number of nitrogens with two attached hydrogens (primary N) is 1. The largest absolute Gasteiger partial charge is 0.398 e. The Morgan fingerprint density at radius 2 is 2.15 bits per heavy atom. The van der Waals surface area contributed by atoms with Crippen molar-refractivity contribution in [2.75, 3.05) is 10.5 Å². The summed E-state index contributed by atoms with van der Waals surface area (Å²) in [6.45, 7) is 0. The lowest BCUT2D eigenvalue weighted by atomic mass is 10.3. The van der Waals surface area contributed by atoms with Crippen molar-refractivity contribution in [1.82, 2.24) is 14.8 Å². The highest BCUT2D eigenvalue weighted by molar-refractivity contribution is 7.92. The Hall–Kier alpha value is -2.69. The zero-order valence-corrected chi connectivity index (χ0v) is 11.0. The number of hydrogen-bond acceptors (Lipinski definition) is 7. The molecule has 0 saturated carbocycles. The lowest BCUT2D eigenvalue weighted by molar-refractivity contribution is -0.385. The summed E-state index contributed by atoms with van der Waals surface area (Å²) in [5.74, 6) is -0.0316. The fourth-order valence-electron chi connectivity index (χ4n) is 1.43. The molecule has 1 aromatic carbocycles. The summed E-state index contributed by atoms with van der Waals surface area (Å²) in [6.07, 6.45) is 1.16. The van der Waals surface area contributed by atoms with Gasteiger partial charge >= 0.3 is 0 Å². The molecule has 20 heavy (non-hydrogen) atoms. The molecule has 1 heterocycles. The van der Waals surface area contributed by atoms with E-state index in [1.165, 1.54) is 11.7 Å². The van der Waals surface area contributed by atoms with E-state index in [1.807, 2.05) is 0 Å². The molecule has 0 aliphatic heterocycles. The minimum Gasteiger partial charge on any atom is -0.398 e. The van der Waals surface area contributed by atoms with Crippen LogP contribution >= 0.6 is 0 Å². The molecule has 0 aliphatic carbocycles. The van der Waals surface area contributed by atoms with E-state index in [1.54, 1.807) is 0 Å². The van der Waals surface area contributed by atoms with E-state index in [-0.39, 0.29) is 17.3 Å². The van der Waals surface area contributed by atoms with Crippen LogP contribution in [0.25, 0.3) is 0 Å². The summed E-state index contributed by atoms with van der Waals surface area (Å²) in [5.41, 5.74) is 5.07. The van der Waals surface area contributed by atoms with Crippen molar-refractivity contribution in [2.24, 2.45) is 7.05 Å². The molecular formula is C9H10N6O4S. The Morgan fingerprint density at radius 1 is 1.45 bits per heavy atom. The summed E-state index contributed by atoms with van der Waals surface area (Å²) in [4.78, 5) is 13.3. The molecule has 2 aromatic rings. The minimum atomic E-state index is -4.10. The van der Waals surface area contributed by atoms with E-state index in [9.17, 15) is 18.5 Å². The summed E-state index contributed by atoms with van der Waals surface area (Å²) in [5, 5.41) is 14.4. The third-order valence-corrected chi connectivity index (χ3v) is 3.82. The van der Waals surface area contributed by atoms with Crippen molar-refractivity contribution in [1.29, 1.82) is 0 Å². The number of nitro benzene ring substituents is 1. The summed E-state index contributed by atoms with van der Waals surface area (Å²) >= 11 is 0. The number of anilines is 2. The maximum atomic E-state index is 12.2. The Labute approximate surface area is 113 Å². The van der Waals surface area contributed by atoms with Crippen LogP contribution in [0.15, 0.2) is 29.4 Å². The van der Waals surface area contributed by atoms with Crippen LogP contribution in [-0.4, -0.2) is 28.1 Å². The van der Waals surface area contributed by atoms with Gasteiger partial charge in [-0.3, -0.25) is 10.1 Å². The van der Waals surface area contributed by atoms with Gasteiger partial charge in [-0.15, -0.1) is 0 Å². The van der Waals surface area contributed by atoms with Gasteiger partial charge in [0, 0.05) is 19.2 Å². The molecule has 106 valence electrons. The minimum absolute atomic E-state index is 0.0316. The topological polar surface area (TPSA) is 146 Å². The molecule has 0 spiro atoms. The smallest absolute Gasteiger partial charge is 0.270 e. The summed E-state index contributed by atoms with van der Waals surface area (Å²) < 4.78 is 27.7.